The average molecular weight is 357 g/mol. The fraction of sp³-hybridized carbons (Fsp3) is 0.474. The molecule has 5 nitrogen and oxygen atoms in total. The first-order chi connectivity index (χ1) is 12.1. The standard InChI is InChI=1S/C19H23N3O2S/c1-12-3-5-14(6-4-12)9-17-13(2)20-18(25-17)21-19(23)22-10-15-7-8-16(11-22)24-15/h3-6,15-16H,7-11H2,1-2H3,(H,20,21,23). The monoisotopic (exact) mass is 357 g/mol. The Morgan fingerprint density at radius 3 is 2.60 bits per heavy atom. The van der Waals surface area contributed by atoms with Gasteiger partial charge in [0.1, 0.15) is 0 Å². The minimum Gasteiger partial charge on any atom is -0.371 e. The van der Waals surface area contributed by atoms with Gasteiger partial charge < -0.3 is 9.64 Å². The SMILES string of the molecule is Cc1ccc(Cc2sc(NC(=O)N3CC4CCC(C3)O4)nc2C)cc1. The van der Waals surface area contributed by atoms with Crippen molar-refractivity contribution in [2.75, 3.05) is 18.4 Å². The highest BCUT2D eigenvalue weighted by atomic mass is 32.1. The van der Waals surface area contributed by atoms with Gasteiger partial charge in [-0.15, -0.1) is 11.3 Å². The molecule has 6 heteroatoms. The van der Waals surface area contributed by atoms with Crippen molar-refractivity contribution >= 4 is 22.5 Å². The van der Waals surface area contributed by atoms with E-state index in [0.717, 1.165) is 25.0 Å². The molecule has 4 rings (SSSR count). The number of benzene rings is 1. The zero-order chi connectivity index (χ0) is 17.4. The number of aromatic nitrogens is 1. The van der Waals surface area contributed by atoms with E-state index in [1.165, 1.54) is 16.0 Å². The molecular formula is C19H23N3O2S. The number of nitrogens with zero attached hydrogens (tertiary/aromatic N) is 2. The van der Waals surface area contributed by atoms with Crippen molar-refractivity contribution < 1.29 is 9.53 Å². The summed E-state index contributed by atoms with van der Waals surface area (Å²) in [4.78, 5) is 20.1. The highest BCUT2D eigenvalue weighted by Crippen LogP contribution is 2.28. The number of urea groups is 1. The molecule has 25 heavy (non-hydrogen) atoms. The summed E-state index contributed by atoms with van der Waals surface area (Å²) < 4.78 is 5.79. The van der Waals surface area contributed by atoms with Crippen LogP contribution in [0.5, 0.6) is 0 Å². The molecule has 0 spiro atoms. The summed E-state index contributed by atoms with van der Waals surface area (Å²) in [5.74, 6) is 0. The van der Waals surface area contributed by atoms with Crippen molar-refractivity contribution in [3.63, 3.8) is 0 Å². The van der Waals surface area contributed by atoms with E-state index in [0.29, 0.717) is 18.2 Å². The van der Waals surface area contributed by atoms with Gasteiger partial charge in [-0.25, -0.2) is 9.78 Å². The van der Waals surface area contributed by atoms with Crippen LogP contribution in [0.3, 0.4) is 0 Å². The van der Waals surface area contributed by atoms with Gasteiger partial charge >= 0.3 is 6.03 Å². The number of carbonyl (C=O) groups excluding carboxylic acids is 1. The number of nitrogens with one attached hydrogen (secondary N) is 1. The third-order valence-corrected chi connectivity index (χ3v) is 6.00. The Labute approximate surface area is 152 Å². The van der Waals surface area contributed by atoms with Gasteiger partial charge in [0.2, 0.25) is 0 Å². The summed E-state index contributed by atoms with van der Waals surface area (Å²) in [6.45, 7) is 5.46. The van der Waals surface area contributed by atoms with Gasteiger partial charge in [-0.3, -0.25) is 5.32 Å². The number of ether oxygens (including phenoxy) is 1. The molecule has 2 unspecified atom stereocenters. The summed E-state index contributed by atoms with van der Waals surface area (Å²) in [6, 6.07) is 8.49. The van der Waals surface area contributed by atoms with Crippen LogP contribution in [-0.4, -0.2) is 41.2 Å². The first-order valence-electron chi connectivity index (χ1n) is 8.80. The molecule has 2 saturated heterocycles. The predicted octanol–water partition coefficient (Wildman–Crippen LogP) is 3.75. The van der Waals surface area contributed by atoms with Crippen LogP contribution in [0.15, 0.2) is 24.3 Å². The molecule has 0 saturated carbocycles. The number of anilines is 1. The van der Waals surface area contributed by atoms with Gasteiger partial charge in [-0.05, 0) is 32.3 Å². The van der Waals surface area contributed by atoms with Crippen LogP contribution in [0, 0.1) is 13.8 Å². The van der Waals surface area contributed by atoms with Gasteiger partial charge in [0.15, 0.2) is 5.13 Å². The molecule has 0 aliphatic carbocycles. The maximum absolute atomic E-state index is 12.5. The number of amides is 2. The van der Waals surface area contributed by atoms with Crippen LogP contribution in [0.1, 0.15) is 34.5 Å². The smallest absolute Gasteiger partial charge is 0.323 e. The number of likely N-dealkylation sites (tertiary alicyclic amines) is 1. The van der Waals surface area contributed by atoms with Crippen molar-refractivity contribution in [3.05, 3.63) is 46.0 Å². The second kappa shape index (κ2) is 6.77. The number of rotatable bonds is 3. The third-order valence-electron chi connectivity index (χ3n) is 4.92. The van der Waals surface area contributed by atoms with E-state index in [9.17, 15) is 4.79 Å². The van der Waals surface area contributed by atoms with Gasteiger partial charge in [-0.2, -0.15) is 0 Å². The second-order valence-corrected chi connectivity index (χ2v) is 8.07. The number of hydrogen-bond donors (Lipinski definition) is 1. The lowest BCUT2D eigenvalue weighted by Crippen LogP contribution is -2.47. The molecule has 1 aromatic heterocycles. The quantitative estimate of drug-likeness (QED) is 0.910. The van der Waals surface area contributed by atoms with Crippen LogP contribution < -0.4 is 5.32 Å². The lowest BCUT2D eigenvalue weighted by atomic mass is 10.1. The molecule has 2 bridgehead atoms. The van der Waals surface area contributed by atoms with Gasteiger partial charge in [-0.1, -0.05) is 29.8 Å². The molecule has 2 atom stereocenters. The first-order valence-corrected chi connectivity index (χ1v) is 9.62. The van der Waals surface area contributed by atoms with Crippen LogP contribution >= 0.6 is 11.3 Å². The number of carbonyl (C=O) groups is 1. The maximum Gasteiger partial charge on any atom is 0.323 e. The van der Waals surface area contributed by atoms with E-state index in [1.807, 2.05) is 11.8 Å². The fourth-order valence-electron chi connectivity index (χ4n) is 3.49. The third kappa shape index (κ3) is 3.70. The normalized spacial score (nSPS) is 22.2. The minimum absolute atomic E-state index is 0.0594. The van der Waals surface area contributed by atoms with Crippen molar-refractivity contribution in [3.8, 4) is 0 Å². The highest BCUT2D eigenvalue weighted by molar-refractivity contribution is 7.15. The molecule has 2 aromatic rings. The molecule has 0 radical (unpaired) electrons. The fourth-order valence-corrected chi connectivity index (χ4v) is 4.47. The molecule has 1 N–H and O–H groups in total. The maximum atomic E-state index is 12.5. The predicted molar refractivity (Wildman–Crippen MR) is 99.3 cm³/mol. The molecule has 2 aliphatic heterocycles. The topological polar surface area (TPSA) is 54.5 Å². The van der Waals surface area contributed by atoms with Crippen LogP contribution in [0.2, 0.25) is 0 Å². The molecule has 132 valence electrons. The number of hydrogen-bond acceptors (Lipinski definition) is 4. The summed E-state index contributed by atoms with van der Waals surface area (Å²) in [5, 5.41) is 3.66. The van der Waals surface area contributed by atoms with E-state index < -0.39 is 0 Å². The zero-order valence-corrected chi connectivity index (χ0v) is 15.4. The van der Waals surface area contributed by atoms with Gasteiger partial charge in [0.25, 0.3) is 0 Å². The lowest BCUT2D eigenvalue weighted by Gasteiger charge is -2.31. The van der Waals surface area contributed by atoms with Crippen molar-refractivity contribution in [2.24, 2.45) is 0 Å². The summed E-state index contributed by atoms with van der Waals surface area (Å²) in [7, 11) is 0. The number of morpholine rings is 1. The van der Waals surface area contributed by atoms with Crippen LogP contribution in [0.25, 0.3) is 0 Å². The summed E-state index contributed by atoms with van der Waals surface area (Å²) in [5.41, 5.74) is 3.51. The van der Waals surface area contributed by atoms with Crippen molar-refractivity contribution in [1.29, 1.82) is 0 Å². The van der Waals surface area contributed by atoms with Crippen LogP contribution in [0.4, 0.5) is 9.93 Å². The molecule has 1 aromatic carbocycles. The van der Waals surface area contributed by atoms with E-state index >= 15 is 0 Å². The van der Waals surface area contributed by atoms with Crippen molar-refractivity contribution in [2.45, 2.75) is 45.3 Å². The Morgan fingerprint density at radius 1 is 1.24 bits per heavy atom. The average Bonchev–Trinajstić information content (AvgIpc) is 3.11. The number of thiazole rings is 1. The minimum atomic E-state index is -0.0594. The Morgan fingerprint density at radius 2 is 1.92 bits per heavy atom. The summed E-state index contributed by atoms with van der Waals surface area (Å²) >= 11 is 1.57. The van der Waals surface area contributed by atoms with Crippen molar-refractivity contribution in [1.82, 2.24) is 9.88 Å². The second-order valence-electron chi connectivity index (χ2n) is 6.98. The number of aryl methyl sites for hydroxylation is 2. The van der Waals surface area contributed by atoms with E-state index in [1.54, 1.807) is 11.3 Å². The highest BCUT2D eigenvalue weighted by Gasteiger charge is 2.35. The Bertz CT molecular complexity index is 759. The van der Waals surface area contributed by atoms with Gasteiger partial charge in [0, 0.05) is 24.4 Å². The molecule has 2 amide bonds. The zero-order valence-electron chi connectivity index (χ0n) is 14.6. The Kier molecular flexibility index (Phi) is 4.48. The number of fused-ring (bicyclic) bond motifs is 2. The summed E-state index contributed by atoms with van der Waals surface area (Å²) in [6.07, 6.45) is 3.39. The Balaban J connectivity index is 1.41. The largest absolute Gasteiger partial charge is 0.371 e. The first kappa shape index (κ1) is 16.5. The lowest BCUT2D eigenvalue weighted by molar-refractivity contribution is -0.0219. The molecule has 3 heterocycles. The molecular weight excluding hydrogens is 334 g/mol. The van der Waals surface area contributed by atoms with E-state index in [4.69, 9.17) is 4.74 Å². The van der Waals surface area contributed by atoms with Gasteiger partial charge in [0.05, 0.1) is 17.9 Å². The van der Waals surface area contributed by atoms with E-state index in [2.05, 4.69) is 41.5 Å². The molecule has 2 fully saturated rings. The van der Waals surface area contributed by atoms with Crippen LogP contribution in [-0.2, 0) is 11.2 Å². The van der Waals surface area contributed by atoms with E-state index in [-0.39, 0.29) is 18.2 Å². The Hall–Kier alpha value is -1.92. The molecule has 2 aliphatic rings.